The Morgan fingerprint density at radius 3 is 3.18 bits per heavy atom. The Labute approximate surface area is 101 Å². The van der Waals surface area contributed by atoms with Crippen molar-refractivity contribution < 1.29 is 4.74 Å². The number of imidazole rings is 1. The number of ether oxygens (including phenoxy) is 1. The number of hydrogen-bond donors (Lipinski definition) is 0. The molecule has 3 nitrogen and oxygen atoms in total. The van der Waals surface area contributed by atoms with Crippen molar-refractivity contribution in [2.75, 3.05) is 13.2 Å². The van der Waals surface area contributed by atoms with Gasteiger partial charge >= 0.3 is 0 Å². The fourth-order valence-corrected chi connectivity index (χ4v) is 2.52. The first-order valence-corrected chi connectivity index (χ1v) is 6.33. The second kappa shape index (κ2) is 4.49. The van der Waals surface area contributed by atoms with Crippen LogP contribution in [0.4, 0.5) is 0 Å². The molecule has 0 saturated carbocycles. The summed E-state index contributed by atoms with van der Waals surface area (Å²) in [5, 5.41) is 0. The molecule has 1 unspecified atom stereocenters. The maximum absolute atomic E-state index is 5.51. The van der Waals surface area contributed by atoms with E-state index in [0.717, 1.165) is 25.3 Å². The number of pyridine rings is 1. The molecule has 0 spiro atoms. The lowest BCUT2D eigenvalue weighted by Crippen LogP contribution is -2.19. The lowest BCUT2D eigenvalue weighted by atomic mass is 9.97. The maximum atomic E-state index is 5.51. The number of aromatic nitrogens is 2. The van der Waals surface area contributed by atoms with E-state index in [1.54, 1.807) is 0 Å². The van der Waals surface area contributed by atoms with E-state index in [4.69, 9.17) is 4.74 Å². The predicted molar refractivity (Wildman–Crippen MR) is 67.2 cm³/mol. The van der Waals surface area contributed by atoms with Crippen LogP contribution in [0, 0.1) is 12.8 Å². The van der Waals surface area contributed by atoms with Gasteiger partial charge in [-0.15, -0.1) is 0 Å². The third-order valence-electron chi connectivity index (χ3n) is 3.40. The monoisotopic (exact) mass is 230 g/mol. The molecule has 1 saturated heterocycles. The standard InChI is InChI=1S/C14H18N2O/c1-11-4-5-14-15-13(9-16(14)8-11)7-12-3-2-6-17-10-12/h4-5,8-9,12H,2-3,6-7,10H2,1H3. The highest BCUT2D eigenvalue weighted by molar-refractivity contribution is 5.41. The molecule has 3 heteroatoms. The Hall–Kier alpha value is -1.35. The Kier molecular flexibility index (Phi) is 2.85. The predicted octanol–water partition coefficient (Wildman–Crippen LogP) is 2.61. The molecular weight excluding hydrogens is 212 g/mol. The van der Waals surface area contributed by atoms with Gasteiger partial charge in [0.15, 0.2) is 0 Å². The molecule has 0 amide bonds. The van der Waals surface area contributed by atoms with Gasteiger partial charge in [0.2, 0.25) is 0 Å². The smallest absolute Gasteiger partial charge is 0.136 e. The first-order valence-electron chi connectivity index (χ1n) is 6.33. The van der Waals surface area contributed by atoms with Crippen LogP contribution in [0.1, 0.15) is 24.1 Å². The van der Waals surface area contributed by atoms with Gasteiger partial charge in [0.05, 0.1) is 5.69 Å². The van der Waals surface area contributed by atoms with Crippen LogP contribution in [0.15, 0.2) is 24.5 Å². The molecule has 0 aliphatic carbocycles. The van der Waals surface area contributed by atoms with Crippen LogP contribution in [-0.4, -0.2) is 22.6 Å². The zero-order chi connectivity index (χ0) is 11.7. The molecule has 1 fully saturated rings. The van der Waals surface area contributed by atoms with Crippen molar-refractivity contribution >= 4 is 5.65 Å². The van der Waals surface area contributed by atoms with Gasteiger partial charge in [0, 0.05) is 25.6 Å². The lowest BCUT2D eigenvalue weighted by molar-refractivity contribution is 0.0547. The first-order chi connectivity index (χ1) is 8.31. The Bertz CT molecular complexity index is 512. The number of nitrogens with zero attached hydrogens (tertiary/aromatic N) is 2. The Balaban J connectivity index is 1.80. The van der Waals surface area contributed by atoms with E-state index >= 15 is 0 Å². The van der Waals surface area contributed by atoms with Crippen LogP contribution in [0.2, 0.25) is 0 Å². The fourth-order valence-electron chi connectivity index (χ4n) is 2.52. The summed E-state index contributed by atoms with van der Waals surface area (Å²) in [6.07, 6.45) is 7.78. The van der Waals surface area contributed by atoms with Crippen LogP contribution < -0.4 is 0 Å². The Morgan fingerprint density at radius 1 is 1.41 bits per heavy atom. The van der Waals surface area contributed by atoms with Crippen molar-refractivity contribution in [2.45, 2.75) is 26.2 Å². The topological polar surface area (TPSA) is 26.5 Å². The summed E-state index contributed by atoms with van der Waals surface area (Å²) in [6, 6.07) is 4.19. The molecule has 17 heavy (non-hydrogen) atoms. The molecule has 1 aliphatic rings. The highest BCUT2D eigenvalue weighted by Gasteiger charge is 2.15. The number of fused-ring (bicyclic) bond motifs is 1. The van der Waals surface area contributed by atoms with Crippen molar-refractivity contribution in [3.05, 3.63) is 35.8 Å². The first kappa shape index (κ1) is 10.8. The summed E-state index contributed by atoms with van der Waals surface area (Å²) >= 11 is 0. The number of hydrogen-bond acceptors (Lipinski definition) is 2. The van der Waals surface area contributed by atoms with Crippen molar-refractivity contribution in [1.82, 2.24) is 9.38 Å². The van der Waals surface area contributed by atoms with Gasteiger partial charge in [-0.05, 0) is 43.7 Å². The third-order valence-corrected chi connectivity index (χ3v) is 3.40. The third kappa shape index (κ3) is 2.34. The second-order valence-corrected chi connectivity index (χ2v) is 4.99. The van der Waals surface area contributed by atoms with Crippen LogP contribution in [0.5, 0.6) is 0 Å². The molecule has 3 rings (SSSR count). The minimum atomic E-state index is 0.648. The molecule has 2 aromatic heterocycles. The molecule has 0 N–H and O–H groups in total. The van der Waals surface area contributed by atoms with Crippen molar-refractivity contribution in [1.29, 1.82) is 0 Å². The van der Waals surface area contributed by atoms with Crippen LogP contribution >= 0.6 is 0 Å². The quantitative estimate of drug-likeness (QED) is 0.792. The molecule has 0 radical (unpaired) electrons. The van der Waals surface area contributed by atoms with E-state index in [9.17, 15) is 0 Å². The summed E-state index contributed by atoms with van der Waals surface area (Å²) in [4.78, 5) is 4.66. The summed E-state index contributed by atoms with van der Waals surface area (Å²) in [6.45, 7) is 3.93. The van der Waals surface area contributed by atoms with Crippen molar-refractivity contribution in [3.8, 4) is 0 Å². The van der Waals surface area contributed by atoms with Gasteiger partial charge in [-0.1, -0.05) is 6.07 Å². The zero-order valence-electron chi connectivity index (χ0n) is 10.2. The van der Waals surface area contributed by atoms with Gasteiger partial charge in [0.25, 0.3) is 0 Å². The molecular formula is C14H18N2O. The van der Waals surface area contributed by atoms with Crippen LogP contribution in [0.3, 0.4) is 0 Å². The highest BCUT2D eigenvalue weighted by atomic mass is 16.5. The van der Waals surface area contributed by atoms with Gasteiger partial charge in [-0.2, -0.15) is 0 Å². The molecule has 3 heterocycles. The largest absolute Gasteiger partial charge is 0.381 e. The fraction of sp³-hybridized carbons (Fsp3) is 0.500. The molecule has 1 atom stereocenters. The van der Waals surface area contributed by atoms with E-state index in [1.807, 2.05) is 0 Å². The molecule has 1 aliphatic heterocycles. The normalized spacial score (nSPS) is 20.9. The molecule has 0 bridgehead atoms. The van der Waals surface area contributed by atoms with Crippen LogP contribution in [0.25, 0.3) is 5.65 Å². The van der Waals surface area contributed by atoms with Gasteiger partial charge in [0.1, 0.15) is 5.65 Å². The summed E-state index contributed by atoms with van der Waals surface area (Å²) in [7, 11) is 0. The molecule has 2 aromatic rings. The van der Waals surface area contributed by atoms with E-state index in [-0.39, 0.29) is 0 Å². The van der Waals surface area contributed by atoms with E-state index in [1.165, 1.54) is 24.1 Å². The lowest BCUT2D eigenvalue weighted by Gasteiger charge is -2.20. The van der Waals surface area contributed by atoms with E-state index in [2.05, 4.69) is 40.8 Å². The van der Waals surface area contributed by atoms with Crippen LogP contribution in [-0.2, 0) is 11.2 Å². The van der Waals surface area contributed by atoms with Gasteiger partial charge in [-0.3, -0.25) is 0 Å². The van der Waals surface area contributed by atoms with E-state index in [0.29, 0.717) is 5.92 Å². The van der Waals surface area contributed by atoms with Crippen molar-refractivity contribution in [2.24, 2.45) is 5.92 Å². The molecule has 90 valence electrons. The average molecular weight is 230 g/mol. The number of rotatable bonds is 2. The van der Waals surface area contributed by atoms with E-state index < -0.39 is 0 Å². The number of aryl methyl sites for hydroxylation is 1. The summed E-state index contributed by atoms with van der Waals surface area (Å²) in [5.41, 5.74) is 3.50. The average Bonchev–Trinajstić information content (AvgIpc) is 2.71. The van der Waals surface area contributed by atoms with Gasteiger partial charge < -0.3 is 9.14 Å². The van der Waals surface area contributed by atoms with Gasteiger partial charge in [-0.25, -0.2) is 4.98 Å². The van der Waals surface area contributed by atoms with Crippen molar-refractivity contribution in [3.63, 3.8) is 0 Å². The second-order valence-electron chi connectivity index (χ2n) is 4.99. The SMILES string of the molecule is Cc1ccc2nc(CC3CCCOC3)cn2c1. The highest BCUT2D eigenvalue weighted by Crippen LogP contribution is 2.19. The molecule has 0 aromatic carbocycles. The Morgan fingerprint density at radius 2 is 2.35 bits per heavy atom. The summed E-state index contributed by atoms with van der Waals surface area (Å²) < 4.78 is 7.63. The summed E-state index contributed by atoms with van der Waals surface area (Å²) in [5.74, 6) is 0.648. The minimum Gasteiger partial charge on any atom is -0.381 e. The maximum Gasteiger partial charge on any atom is 0.136 e. The minimum absolute atomic E-state index is 0.648. The zero-order valence-corrected chi connectivity index (χ0v) is 10.2.